The maximum absolute atomic E-state index is 6.95. The second-order valence-electron chi connectivity index (χ2n) is 15.0. The summed E-state index contributed by atoms with van der Waals surface area (Å²) in [6.45, 7) is 0. The Balaban J connectivity index is 1.05. The lowest BCUT2D eigenvalue weighted by molar-refractivity contribution is 0.546. The Bertz CT molecular complexity index is 2970. The molecule has 57 heavy (non-hydrogen) atoms. The van der Waals surface area contributed by atoms with Gasteiger partial charge in [0.1, 0.15) is 11.3 Å². The minimum absolute atomic E-state index is 0.255. The van der Waals surface area contributed by atoms with E-state index in [4.69, 9.17) is 19.4 Å². The van der Waals surface area contributed by atoms with Gasteiger partial charge < -0.3 is 4.42 Å². The van der Waals surface area contributed by atoms with E-state index in [1.54, 1.807) is 0 Å². The zero-order valence-electron chi connectivity index (χ0n) is 31.3. The topological polar surface area (TPSA) is 51.8 Å². The van der Waals surface area contributed by atoms with Gasteiger partial charge in [0.15, 0.2) is 17.5 Å². The molecule has 4 heteroatoms. The summed E-state index contributed by atoms with van der Waals surface area (Å²) in [6, 6.07) is 53.5. The minimum atomic E-state index is 0.255. The summed E-state index contributed by atoms with van der Waals surface area (Å²) in [6.07, 6.45) is 13.7. The van der Waals surface area contributed by atoms with Crippen molar-refractivity contribution in [3.63, 3.8) is 0 Å². The predicted molar refractivity (Wildman–Crippen MR) is 232 cm³/mol. The molecule has 4 nitrogen and oxygen atoms in total. The molecule has 0 amide bonds. The van der Waals surface area contributed by atoms with Gasteiger partial charge in [-0.15, -0.1) is 0 Å². The number of allylic oxidation sites excluding steroid dienone is 6. The van der Waals surface area contributed by atoms with Gasteiger partial charge in [0.2, 0.25) is 0 Å². The zero-order chi connectivity index (χ0) is 37.7. The lowest BCUT2D eigenvalue weighted by Gasteiger charge is -2.28. The van der Waals surface area contributed by atoms with Crippen LogP contribution in [-0.4, -0.2) is 15.0 Å². The van der Waals surface area contributed by atoms with Gasteiger partial charge >= 0.3 is 0 Å². The number of nitrogens with zero attached hydrogens (tertiary/aromatic N) is 3. The maximum Gasteiger partial charge on any atom is 0.164 e. The maximum atomic E-state index is 6.95. The molecule has 8 aromatic rings. The van der Waals surface area contributed by atoms with Gasteiger partial charge in [-0.2, -0.15) is 0 Å². The van der Waals surface area contributed by atoms with Crippen LogP contribution in [0.3, 0.4) is 0 Å². The Kier molecular flexibility index (Phi) is 8.06. The summed E-state index contributed by atoms with van der Waals surface area (Å²) in [5.41, 5.74) is 15.9. The molecule has 2 heterocycles. The summed E-state index contributed by atoms with van der Waals surface area (Å²) in [5.74, 6) is 3.28. The Labute approximate surface area is 332 Å². The first kappa shape index (κ1) is 33.2. The van der Waals surface area contributed by atoms with Crippen LogP contribution in [0.4, 0.5) is 0 Å². The second-order valence-corrected chi connectivity index (χ2v) is 15.0. The van der Waals surface area contributed by atoms with Crippen molar-refractivity contribution >= 4 is 28.2 Å². The average molecular weight is 732 g/mol. The van der Waals surface area contributed by atoms with Crippen molar-refractivity contribution < 1.29 is 4.42 Å². The molecule has 3 aliphatic carbocycles. The first-order valence-corrected chi connectivity index (χ1v) is 19.8. The SMILES string of the molecule is C1=Cc2ccccc2C2CC(c3nc(C4=CCCc5oc6c(-c7ccc(-c8ccccc8)cc7-c7ccccc7)cccc6c54)nc(-c4ccccc4)n3)=CC=C12. The number of benzene rings is 6. The third kappa shape index (κ3) is 5.89. The Morgan fingerprint density at radius 2 is 1.25 bits per heavy atom. The van der Waals surface area contributed by atoms with Crippen molar-refractivity contribution in [3.8, 4) is 44.8 Å². The fourth-order valence-corrected chi connectivity index (χ4v) is 8.82. The smallest absolute Gasteiger partial charge is 0.164 e. The van der Waals surface area contributed by atoms with E-state index in [1.807, 2.05) is 18.2 Å². The molecular weight excluding hydrogens is 695 g/mol. The predicted octanol–water partition coefficient (Wildman–Crippen LogP) is 13.2. The summed E-state index contributed by atoms with van der Waals surface area (Å²) in [7, 11) is 0. The summed E-state index contributed by atoms with van der Waals surface area (Å²) in [5, 5.41) is 1.07. The van der Waals surface area contributed by atoms with E-state index in [0.29, 0.717) is 17.5 Å². The van der Waals surface area contributed by atoms with E-state index in [0.717, 1.165) is 75.0 Å². The Morgan fingerprint density at radius 3 is 2.07 bits per heavy atom. The van der Waals surface area contributed by atoms with E-state index in [1.165, 1.54) is 33.4 Å². The molecule has 11 rings (SSSR count). The molecule has 0 saturated heterocycles. The lowest BCUT2D eigenvalue weighted by Crippen LogP contribution is -2.13. The van der Waals surface area contributed by atoms with E-state index >= 15 is 0 Å². The molecule has 0 aliphatic heterocycles. The van der Waals surface area contributed by atoms with E-state index in [-0.39, 0.29) is 5.92 Å². The first-order chi connectivity index (χ1) is 28.2. The van der Waals surface area contributed by atoms with Crippen molar-refractivity contribution in [1.29, 1.82) is 0 Å². The molecular formula is C53H37N3O. The van der Waals surface area contributed by atoms with Crippen molar-refractivity contribution in [3.05, 3.63) is 216 Å². The third-order valence-electron chi connectivity index (χ3n) is 11.6. The van der Waals surface area contributed by atoms with Gasteiger partial charge in [0.05, 0.1) is 0 Å². The first-order valence-electron chi connectivity index (χ1n) is 19.8. The Hall–Kier alpha value is -7.17. The summed E-state index contributed by atoms with van der Waals surface area (Å²) in [4.78, 5) is 15.7. The number of aromatic nitrogens is 3. The third-order valence-corrected chi connectivity index (χ3v) is 11.6. The summed E-state index contributed by atoms with van der Waals surface area (Å²) >= 11 is 0. The van der Waals surface area contributed by atoms with Gasteiger partial charge in [0, 0.05) is 40.0 Å². The normalized spacial score (nSPS) is 15.6. The number of furan rings is 1. The van der Waals surface area contributed by atoms with Crippen molar-refractivity contribution in [2.45, 2.75) is 25.2 Å². The van der Waals surface area contributed by atoms with Gasteiger partial charge in [0.25, 0.3) is 0 Å². The van der Waals surface area contributed by atoms with Crippen LogP contribution in [0, 0.1) is 0 Å². The standard InChI is InChI=1S/C53H37N3O/c1-4-14-34(15-5-1)39-30-31-42(47(32-39)35-16-6-2-7-17-35)43-22-12-23-44-49-45(24-13-25-48(49)57-50(43)44)53-55-51(38-19-8-3-9-20-38)54-52(56-53)40-29-28-37-27-26-36-18-10-11-21-41(36)46(37)33-40/h1-12,14-24,26-32,46H,13,25,33H2. The van der Waals surface area contributed by atoms with Crippen LogP contribution in [0.1, 0.15) is 52.9 Å². The largest absolute Gasteiger partial charge is 0.460 e. The van der Waals surface area contributed by atoms with Crippen LogP contribution >= 0.6 is 0 Å². The minimum Gasteiger partial charge on any atom is -0.460 e. The zero-order valence-corrected chi connectivity index (χ0v) is 31.3. The quantitative estimate of drug-likeness (QED) is 0.171. The molecule has 0 radical (unpaired) electrons. The van der Waals surface area contributed by atoms with E-state index in [2.05, 4.69) is 164 Å². The summed E-state index contributed by atoms with van der Waals surface area (Å²) < 4.78 is 6.95. The fraction of sp³-hybridized carbons (Fsp3) is 0.0755. The highest BCUT2D eigenvalue weighted by molar-refractivity contribution is 6.05. The van der Waals surface area contributed by atoms with Crippen LogP contribution < -0.4 is 0 Å². The highest BCUT2D eigenvalue weighted by Crippen LogP contribution is 2.46. The number of para-hydroxylation sites is 1. The fourth-order valence-electron chi connectivity index (χ4n) is 8.82. The second kappa shape index (κ2) is 13.8. The molecule has 2 aromatic heterocycles. The number of aryl methyl sites for hydroxylation is 1. The van der Waals surface area contributed by atoms with Crippen LogP contribution in [0.15, 0.2) is 186 Å². The van der Waals surface area contributed by atoms with Crippen molar-refractivity contribution in [2.75, 3.05) is 0 Å². The molecule has 0 saturated carbocycles. The number of fused-ring (bicyclic) bond motifs is 6. The molecule has 3 aliphatic rings. The highest BCUT2D eigenvalue weighted by atomic mass is 16.3. The molecule has 0 bridgehead atoms. The van der Waals surface area contributed by atoms with Gasteiger partial charge in [-0.3, -0.25) is 0 Å². The van der Waals surface area contributed by atoms with Gasteiger partial charge in [-0.25, -0.2) is 15.0 Å². The average Bonchev–Trinajstić information content (AvgIpc) is 3.69. The monoisotopic (exact) mass is 731 g/mol. The Morgan fingerprint density at radius 1 is 0.526 bits per heavy atom. The molecule has 0 spiro atoms. The van der Waals surface area contributed by atoms with Crippen molar-refractivity contribution in [2.24, 2.45) is 0 Å². The van der Waals surface area contributed by atoms with E-state index < -0.39 is 0 Å². The van der Waals surface area contributed by atoms with Crippen LogP contribution in [-0.2, 0) is 6.42 Å². The molecule has 1 unspecified atom stereocenters. The number of rotatable bonds is 6. The van der Waals surface area contributed by atoms with Crippen LogP contribution in [0.5, 0.6) is 0 Å². The highest BCUT2D eigenvalue weighted by Gasteiger charge is 2.29. The number of hydrogen-bond donors (Lipinski definition) is 0. The number of hydrogen-bond acceptors (Lipinski definition) is 4. The van der Waals surface area contributed by atoms with Crippen LogP contribution in [0.2, 0.25) is 0 Å². The molecule has 0 fully saturated rings. The molecule has 6 aromatic carbocycles. The van der Waals surface area contributed by atoms with E-state index in [9.17, 15) is 0 Å². The van der Waals surface area contributed by atoms with Crippen LogP contribution in [0.25, 0.3) is 73.0 Å². The lowest BCUT2D eigenvalue weighted by atomic mass is 9.77. The molecule has 0 N–H and O–H groups in total. The van der Waals surface area contributed by atoms with Crippen molar-refractivity contribution in [1.82, 2.24) is 15.0 Å². The van der Waals surface area contributed by atoms with Gasteiger partial charge in [-0.05, 0) is 69.0 Å². The molecule has 1 atom stereocenters. The molecule has 270 valence electrons. The van der Waals surface area contributed by atoms with Gasteiger partial charge in [-0.1, -0.05) is 176 Å².